The number of nitriles is 1. The predicted octanol–water partition coefficient (Wildman–Crippen LogP) is 1.68. The zero-order chi connectivity index (χ0) is 14.7. The zero-order valence-corrected chi connectivity index (χ0v) is 12.8. The number of para-hydroxylation sites is 1. The summed E-state index contributed by atoms with van der Waals surface area (Å²) in [5.41, 5.74) is 1.91. The molecule has 0 atom stereocenters. The number of nitrogens with zero attached hydrogens (tertiary/aromatic N) is 3. The van der Waals surface area contributed by atoms with E-state index in [1.807, 2.05) is 25.2 Å². The molecule has 1 aromatic rings. The Morgan fingerprint density at radius 3 is 2.62 bits per heavy atom. The van der Waals surface area contributed by atoms with Crippen molar-refractivity contribution >= 4 is 5.69 Å². The van der Waals surface area contributed by atoms with E-state index in [1.165, 1.54) is 25.9 Å². The third-order valence-corrected chi connectivity index (χ3v) is 4.82. The van der Waals surface area contributed by atoms with E-state index in [2.05, 4.69) is 27.3 Å². The average molecular weight is 284 g/mol. The highest BCUT2D eigenvalue weighted by atomic mass is 15.2. The molecule has 0 amide bonds. The normalized spacial score (nSPS) is 21.0. The van der Waals surface area contributed by atoms with Gasteiger partial charge in [-0.2, -0.15) is 5.26 Å². The molecular weight excluding hydrogens is 260 g/mol. The van der Waals surface area contributed by atoms with Crippen LogP contribution in [0.5, 0.6) is 0 Å². The van der Waals surface area contributed by atoms with E-state index < -0.39 is 0 Å². The van der Waals surface area contributed by atoms with Crippen molar-refractivity contribution in [3.63, 3.8) is 0 Å². The van der Waals surface area contributed by atoms with E-state index >= 15 is 0 Å². The van der Waals surface area contributed by atoms with Gasteiger partial charge in [-0.25, -0.2) is 0 Å². The second-order valence-electron chi connectivity index (χ2n) is 6.22. The van der Waals surface area contributed by atoms with Crippen LogP contribution in [0, 0.1) is 17.2 Å². The minimum atomic E-state index is 0.739. The molecule has 0 saturated carbocycles. The lowest BCUT2D eigenvalue weighted by Crippen LogP contribution is -2.57. The van der Waals surface area contributed by atoms with E-state index in [-0.39, 0.29) is 0 Å². The van der Waals surface area contributed by atoms with Crippen LogP contribution < -0.4 is 10.2 Å². The van der Waals surface area contributed by atoms with Crippen LogP contribution in [0.4, 0.5) is 5.69 Å². The topological polar surface area (TPSA) is 42.3 Å². The molecule has 4 nitrogen and oxygen atoms in total. The summed E-state index contributed by atoms with van der Waals surface area (Å²) in [5, 5.41) is 12.5. The maximum absolute atomic E-state index is 9.23. The Morgan fingerprint density at radius 1 is 1.24 bits per heavy atom. The van der Waals surface area contributed by atoms with Crippen LogP contribution in [0.1, 0.15) is 18.4 Å². The Labute approximate surface area is 127 Å². The molecule has 112 valence electrons. The van der Waals surface area contributed by atoms with Crippen LogP contribution >= 0.6 is 0 Å². The highest BCUT2D eigenvalue weighted by Crippen LogP contribution is 2.28. The Kier molecular flexibility index (Phi) is 4.42. The number of nitrogens with one attached hydrogen (secondary N) is 1. The number of benzene rings is 1. The zero-order valence-electron chi connectivity index (χ0n) is 12.8. The van der Waals surface area contributed by atoms with Crippen LogP contribution in [0.25, 0.3) is 0 Å². The second kappa shape index (κ2) is 6.46. The molecule has 4 heteroatoms. The first-order chi connectivity index (χ1) is 10.3. The molecule has 0 aromatic heterocycles. The number of hydrogen-bond acceptors (Lipinski definition) is 4. The first-order valence-electron chi connectivity index (χ1n) is 7.94. The maximum Gasteiger partial charge on any atom is 0.101 e. The molecule has 21 heavy (non-hydrogen) atoms. The highest BCUT2D eigenvalue weighted by molar-refractivity contribution is 5.59. The smallest absolute Gasteiger partial charge is 0.101 e. The van der Waals surface area contributed by atoms with E-state index in [1.54, 1.807) is 0 Å². The van der Waals surface area contributed by atoms with Crippen LogP contribution in [0.15, 0.2) is 24.3 Å². The molecule has 0 spiro atoms. The predicted molar refractivity (Wildman–Crippen MR) is 85.4 cm³/mol. The third kappa shape index (κ3) is 3.04. The monoisotopic (exact) mass is 284 g/mol. The molecule has 1 N–H and O–H groups in total. The maximum atomic E-state index is 9.23. The van der Waals surface area contributed by atoms with Crippen LogP contribution in [-0.2, 0) is 0 Å². The fourth-order valence-corrected chi connectivity index (χ4v) is 3.64. The number of rotatable bonds is 4. The van der Waals surface area contributed by atoms with Crippen LogP contribution in [-0.4, -0.2) is 50.7 Å². The first-order valence-corrected chi connectivity index (χ1v) is 7.94. The van der Waals surface area contributed by atoms with Gasteiger partial charge in [-0.1, -0.05) is 12.1 Å². The van der Waals surface area contributed by atoms with Crippen molar-refractivity contribution in [2.75, 3.05) is 44.7 Å². The van der Waals surface area contributed by atoms with Gasteiger partial charge in [0.15, 0.2) is 0 Å². The number of hydrogen-bond donors (Lipinski definition) is 1. The molecule has 2 aliphatic heterocycles. The summed E-state index contributed by atoms with van der Waals surface area (Å²) in [6.07, 6.45) is 2.43. The summed E-state index contributed by atoms with van der Waals surface area (Å²) >= 11 is 0. The first kappa shape index (κ1) is 14.4. The molecule has 2 aliphatic rings. The van der Waals surface area contributed by atoms with E-state index in [0.717, 1.165) is 42.8 Å². The van der Waals surface area contributed by atoms with Gasteiger partial charge in [0, 0.05) is 38.8 Å². The summed E-state index contributed by atoms with van der Waals surface area (Å²) in [6.45, 7) is 5.78. The quantitative estimate of drug-likeness (QED) is 0.913. The number of piperidine rings is 1. The summed E-state index contributed by atoms with van der Waals surface area (Å²) < 4.78 is 0. The van der Waals surface area contributed by atoms with Gasteiger partial charge in [-0.15, -0.1) is 0 Å². The third-order valence-electron chi connectivity index (χ3n) is 4.82. The highest BCUT2D eigenvalue weighted by Gasteiger charge is 2.33. The molecule has 0 bridgehead atoms. The molecule has 2 saturated heterocycles. The Balaban J connectivity index is 1.53. The van der Waals surface area contributed by atoms with E-state index in [4.69, 9.17) is 0 Å². The fraction of sp³-hybridized carbons (Fsp3) is 0.588. The summed E-state index contributed by atoms with van der Waals surface area (Å²) in [7, 11) is 2.04. The van der Waals surface area contributed by atoms with Crippen LogP contribution in [0.2, 0.25) is 0 Å². The summed E-state index contributed by atoms with van der Waals surface area (Å²) in [4.78, 5) is 5.01. The van der Waals surface area contributed by atoms with Gasteiger partial charge in [-0.05, 0) is 37.9 Å². The van der Waals surface area contributed by atoms with Gasteiger partial charge in [0.1, 0.15) is 6.07 Å². The average Bonchev–Trinajstić information content (AvgIpc) is 2.51. The minimum absolute atomic E-state index is 0.739. The molecule has 0 radical (unpaired) electrons. The lowest BCUT2D eigenvalue weighted by Gasteiger charge is -2.47. The van der Waals surface area contributed by atoms with Crippen molar-refractivity contribution in [3.05, 3.63) is 29.8 Å². The lowest BCUT2D eigenvalue weighted by atomic mass is 9.93. The SMILES string of the molecule is CNCC1CN(C2CCN(c3ccccc3C#N)CC2)C1. The molecule has 0 aliphatic carbocycles. The molecule has 1 aromatic carbocycles. The number of likely N-dealkylation sites (tertiary alicyclic amines) is 1. The lowest BCUT2D eigenvalue weighted by molar-refractivity contribution is 0.0423. The van der Waals surface area contributed by atoms with Gasteiger partial charge >= 0.3 is 0 Å². The standard InChI is InChI=1S/C17H24N4/c1-19-11-14-12-21(13-14)16-6-8-20(9-7-16)17-5-3-2-4-15(17)10-18/h2-5,14,16,19H,6-9,11-13H2,1H3. The minimum Gasteiger partial charge on any atom is -0.370 e. The van der Waals surface area contributed by atoms with Crippen LogP contribution in [0.3, 0.4) is 0 Å². The molecule has 2 heterocycles. The Morgan fingerprint density at radius 2 is 1.95 bits per heavy atom. The summed E-state index contributed by atoms with van der Waals surface area (Å²) in [6, 6.07) is 11.0. The molecule has 3 rings (SSSR count). The van der Waals surface area contributed by atoms with Crippen molar-refractivity contribution in [1.82, 2.24) is 10.2 Å². The van der Waals surface area contributed by atoms with Crippen molar-refractivity contribution in [2.24, 2.45) is 5.92 Å². The van der Waals surface area contributed by atoms with Crippen molar-refractivity contribution in [3.8, 4) is 6.07 Å². The summed E-state index contributed by atoms with van der Waals surface area (Å²) in [5.74, 6) is 0.840. The fourth-order valence-electron chi connectivity index (χ4n) is 3.64. The van der Waals surface area contributed by atoms with Gasteiger partial charge < -0.3 is 10.2 Å². The molecular formula is C17H24N4. The van der Waals surface area contributed by atoms with Gasteiger partial charge in [0.25, 0.3) is 0 Å². The second-order valence-corrected chi connectivity index (χ2v) is 6.22. The Hall–Kier alpha value is -1.57. The van der Waals surface area contributed by atoms with Crippen molar-refractivity contribution < 1.29 is 0 Å². The Bertz CT molecular complexity index is 508. The van der Waals surface area contributed by atoms with Gasteiger partial charge in [0.05, 0.1) is 11.3 Å². The van der Waals surface area contributed by atoms with E-state index in [0.29, 0.717) is 0 Å². The van der Waals surface area contributed by atoms with Crippen molar-refractivity contribution in [1.29, 1.82) is 5.26 Å². The van der Waals surface area contributed by atoms with Gasteiger partial charge in [-0.3, -0.25) is 4.90 Å². The molecule has 2 fully saturated rings. The van der Waals surface area contributed by atoms with Crippen molar-refractivity contribution in [2.45, 2.75) is 18.9 Å². The van der Waals surface area contributed by atoms with E-state index in [9.17, 15) is 5.26 Å². The largest absolute Gasteiger partial charge is 0.370 e. The molecule has 0 unspecified atom stereocenters. The number of anilines is 1. The van der Waals surface area contributed by atoms with Gasteiger partial charge in [0.2, 0.25) is 0 Å².